The fourth-order valence-corrected chi connectivity index (χ4v) is 5.88. The molecule has 0 bridgehead atoms. The van der Waals surface area contributed by atoms with Crippen molar-refractivity contribution in [3.63, 3.8) is 0 Å². The van der Waals surface area contributed by atoms with Crippen molar-refractivity contribution in [1.82, 2.24) is 0 Å². The summed E-state index contributed by atoms with van der Waals surface area (Å²) in [5.41, 5.74) is 0. The van der Waals surface area contributed by atoms with Crippen molar-refractivity contribution in [2.75, 3.05) is 19.1 Å². The van der Waals surface area contributed by atoms with Crippen LogP contribution < -0.4 is 0 Å². The van der Waals surface area contributed by atoms with Crippen LogP contribution in [0.4, 0.5) is 0 Å². The maximum absolute atomic E-state index is 11.9. The molecule has 0 saturated carbocycles. The van der Waals surface area contributed by atoms with Gasteiger partial charge in [-0.15, -0.1) is 11.3 Å². The largest absolute Gasteiger partial charge is 0.462 e. The van der Waals surface area contributed by atoms with Gasteiger partial charge in [-0.05, 0) is 26.0 Å². The van der Waals surface area contributed by atoms with Gasteiger partial charge in [0, 0.05) is 23.8 Å². The first-order valence-electron chi connectivity index (χ1n) is 6.67. The Morgan fingerprint density at radius 3 is 2.22 bits per heavy atom. The zero-order valence-corrected chi connectivity index (χ0v) is 15.7. The molecule has 0 aliphatic rings. The highest BCUT2D eigenvalue weighted by Gasteiger charge is 2.47. The van der Waals surface area contributed by atoms with Gasteiger partial charge in [0.15, 0.2) is 23.8 Å². The SMILES string of the molecule is CCOC(=O)c1ccc(C(O)CC(C)(S(C)(=O)=O)S(C)(=O)=O)s1. The van der Waals surface area contributed by atoms with E-state index in [4.69, 9.17) is 4.74 Å². The van der Waals surface area contributed by atoms with E-state index < -0.39 is 42.2 Å². The molecule has 10 heteroatoms. The smallest absolute Gasteiger partial charge is 0.348 e. The van der Waals surface area contributed by atoms with Crippen molar-refractivity contribution in [1.29, 1.82) is 0 Å². The van der Waals surface area contributed by atoms with Crippen molar-refractivity contribution < 1.29 is 31.5 Å². The quantitative estimate of drug-likeness (QED) is 0.701. The summed E-state index contributed by atoms with van der Waals surface area (Å²) in [5.74, 6) is -0.551. The second-order valence-electron chi connectivity index (χ2n) is 5.32. The Balaban J connectivity index is 3.11. The zero-order valence-electron chi connectivity index (χ0n) is 13.3. The van der Waals surface area contributed by atoms with Crippen LogP contribution in [0, 0.1) is 0 Å². The second-order valence-corrected chi connectivity index (χ2v) is 11.6. The molecule has 132 valence electrons. The number of hydrogen-bond acceptors (Lipinski definition) is 8. The van der Waals surface area contributed by atoms with Crippen LogP contribution in [0.15, 0.2) is 12.1 Å². The predicted octanol–water partition coefficient (Wildman–Crippen LogP) is 1.15. The number of ether oxygens (including phenoxy) is 1. The van der Waals surface area contributed by atoms with Crippen LogP contribution in [-0.2, 0) is 24.4 Å². The molecule has 0 radical (unpaired) electrons. The Morgan fingerprint density at radius 2 is 1.78 bits per heavy atom. The zero-order chi connectivity index (χ0) is 18.1. The number of carbonyl (C=O) groups is 1. The Hall–Kier alpha value is -0.970. The highest BCUT2D eigenvalue weighted by Crippen LogP contribution is 2.36. The molecule has 0 aromatic carbocycles. The predicted molar refractivity (Wildman–Crippen MR) is 87.9 cm³/mol. The number of carbonyl (C=O) groups excluding carboxylic acids is 1. The topological polar surface area (TPSA) is 115 Å². The van der Waals surface area contributed by atoms with Crippen LogP contribution in [0.2, 0.25) is 0 Å². The van der Waals surface area contributed by atoms with Crippen molar-refractivity contribution >= 4 is 37.0 Å². The molecular formula is C13H20O7S3. The maximum atomic E-state index is 11.9. The fraction of sp³-hybridized carbons (Fsp3) is 0.615. The van der Waals surface area contributed by atoms with Gasteiger partial charge in [0.25, 0.3) is 0 Å². The molecular weight excluding hydrogens is 364 g/mol. The van der Waals surface area contributed by atoms with Crippen molar-refractivity contribution in [2.45, 2.75) is 30.5 Å². The van der Waals surface area contributed by atoms with E-state index in [1.165, 1.54) is 12.1 Å². The molecule has 1 atom stereocenters. The third kappa shape index (κ3) is 4.31. The summed E-state index contributed by atoms with van der Waals surface area (Å²) in [6.45, 7) is 2.93. The number of esters is 1. The van der Waals surface area contributed by atoms with E-state index in [1.807, 2.05) is 0 Å². The Kier molecular flexibility index (Phi) is 6.00. The third-order valence-corrected chi connectivity index (χ3v) is 10.0. The summed E-state index contributed by atoms with van der Waals surface area (Å²) >= 11 is 0.937. The Bertz CT molecular complexity index is 742. The normalized spacial score (nSPS) is 14.5. The molecule has 1 rings (SSSR count). The Morgan fingerprint density at radius 1 is 1.26 bits per heavy atom. The Labute approximate surface area is 140 Å². The van der Waals surface area contributed by atoms with Gasteiger partial charge in [-0.3, -0.25) is 0 Å². The van der Waals surface area contributed by atoms with E-state index in [9.17, 15) is 26.7 Å². The van der Waals surface area contributed by atoms with Crippen molar-refractivity contribution in [2.24, 2.45) is 0 Å². The van der Waals surface area contributed by atoms with Crippen LogP contribution in [0.5, 0.6) is 0 Å². The van der Waals surface area contributed by atoms with E-state index in [1.54, 1.807) is 6.92 Å². The van der Waals surface area contributed by atoms with Gasteiger partial charge in [-0.1, -0.05) is 0 Å². The monoisotopic (exact) mass is 384 g/mol. The lowest BCUT2D eigenvalue weighted by Gasteiger charge is -2.27. The molecule has 0 saturated heterocycles. The summed E-state index contributed by atoms with van der Waals surface area (Å²) in [6, 6.07) is 2.89. The number of sulfone groups is 2. The molecule has 0 fully saturated rings. The van der Waals surface area contributed by atoms with E-state index in [-0.39, 0.29) is 11.5 Å². The summed E-state index contributed by atoms with van der Waals surface area (Å²) in [7, 11) is -7.96. The first-order valence-corrected chi connectivity index (χ1v) is 11.3. The number of aliphatic hydroxyl groups is 1. The van der Waals surface area contributed by atoms with E-state index in [0.29, 0.717) is 4.88 Å². The van der Waals surface area contributed by atoms with Crippen LogP contribution >= 0.6 is 11.3 Å². The number of aliphatic hydroxyl groups excluding tert-OH is 1. The molecule has 23 heavy (non-hydrogen) atoms. The molecule has 7 nitrogen and oxygen atoms in total. The molecule has 1 N–H and O–H groups in total. The number of rotatable bonds is 7. The summed E-state index contributed by atoms with van der Waals surface area (Å²) in [5, 5.41) is 10.2. The summed E-state index contributed by atoms with van der Waals surface area (Å²) in [4.78, 5) is 12.1. The lowest BCUT2D eigenvalue weighted by molar-refractivity contribution is 0.0532. The lowest BCUT2D eigenvalue weighted by atomic mass is 10.1. The molecule has 1 heterocycles. The minimum Gasteiger partial charge on any atom is -0.462 e. The molecule has 0 aliphatic carbocycles. The lowest BCUT2D eigenvalue weighted by Crippen LogP contribution is -2.43. The first kappa shape index (κ1) is 20.1. The summed E-state index contributed by atoms with van der Waals surface area (Å²) < 4.78 is 50.3. The van der Waals surface area contributed by atoms with Gasteiger partial charge in [-0.25, -0.2) is 21.6 Å². The average molecular weight is 384 g/mol. The molecule has 0 amide bonds. The maximum Gasteiger partial charge on any atom is 0.348 e. The van der Waals surface area contributed by atoms with Crippen LogP contribution in [0.1, 0.15) is 40.9 Å². The van der Waals surface area contributed by atoms with Crippen molar-refractivity contribution in [3.05, 3.63) is 21.9 Å². The van der Waals surface area contributed by atoms with Gasteiger partial charge in [0.1, 0.15) is 4.88 Å². The standard InChI is InChI=1S/C13H20O7S3/c1-5-20-12(15)11-7-6-10(21-11)9(14)8-13(2,22(3,16)17)23(4,18)19/h6-7,9,14H,5,8H2,1-4H3. The molecule has 0 aliphatic heterocycles. The number of hydrogen-bond donors (Lipinski definition) is 1. The first-order chi connectivity index (χ1) is 10.3. The molecule has 1 unspecified atom stereocenters. The highest BCUT2D eigenvalue weighted by atomic mass is 32.3. The molecule has 1 aromatic heterocycles. The van der Waals surface area contributed by atoms with Gasteiger partial charge in [-0.2, -0.15) is 0 Å². The summed E-state index contributed by atoms with van der Waals surface area (Å²) in [6.07, 6.45) is -0.219. The van der Waals surface area contributed by atoms with Crippen LogP contribution in [0.3, 0.4) is 0 Å². The van der Waals surface area contributed by atoms with E-state index in [0.717, 1.165) is 30.8 Å². The van der Waals surface area contributed by atoms with Gasteiger partial charge in [0.2, 0.25) is 0 Å². The molecule has 0 spiro atoms. The van der Waals surface area contributed by atoms with Gasteiger partial charge >= 0.3 is 5.97 Å². The fourth-order valence-electron chi connectivity index (χ4n) is 1.87. The van der Waals surface area contributed by atoms with Gasteiger partial charge < -0.3 is 9.84 Å². The second kappa shape index (κ2) is 6.88. The molecule has 1 aromatic rings. The van der Waals surface area contributed by atoms with E-state index in [2.05, 4.69) is 0 Å². The van der Waals surface area contributed by atoms with Crippen LogP contribution in [-0.4, -0.2) is 51.1 Å². The minimum atomic E-state index is -3.98. The van der Waals surface area contributed by atoms with E-state index >= 15 is 0 Å². The number of thiophene rings is 1. The van der Waals surface area contributed by atoms with Crippen molar-refractivity contribution in [3.8, 4) is 0 Å². The average Bonchev–Trinajstić information content (AvgIpc) is 2.85. The van der Waals surface area contributed by atoms with Crippen LogP contribution in [0.25, 0.3) is 0 Å². The third-order valence-electron chi connectivity index (χ3n) is 3.56. The van der Waals surface area contributed by atoms with Gasteiger partial charge in [0.05, 0.1) is 12.7 Å². The minimum absolute atomic E-state index is 0.203. The highest BCUT2D eigenvalue weighted by molar-refractivity contribution is 8.09.